The zero-order valence-corrected chi connectivity index (χ0v) is 11.4. The van der Waals surface area contributed by atoms with E-state index in [0.717, 1.165) is 19.1 Å². The predicted molar refractivity (Wildman–Crippen MR) is 67.1 cm³/mol. The van der Waals surface area contributed by atoms with Crippen LogP contribution in [0.25, 0.3) is 0 Å². The van der Waals surface area contributed by atoms with E-state index in [1.165, 1.54) is 13.2 Å². The first-order valence-electron chi connectivity index (χ1n) is 5.26. The predicted octanol–water partition coefficient (Wildman–Crippen LogP) is 0.355. The number of ether oxygens (including phenoxy) is 1. The smallest absolute Gasteiger partial charge is 0.321 e. The molecule has 0 bridgehead atoms. The highest BCUT2D eigenvalue weighted by molar-refractivity contribution is 7.89. The zero-order chi connectivity index (χ0) is 15.5. The zero-order valence-electron chi connectivity index (χ0n) is 10.6. The summed E-state index contributed by atoms with van der Waals surface area (Å²) in [7, 11) is -3.06. The van der Waals surface area contributed by atoms with E-state index in [4.69, 9.17) is 9.84 Å². The van der Waals surface area contributed by atoms with Crippen molar-refractivity contribution in [1.82, 2.24) is 4.72 Å². The minimum absolute atomic E-state index is 0.113. The molecule has 0 radical (unpaired) electrons. The molecule has 0 saturated heterocycles. The van der Waals surface area contributed by atoms with E-state index in [0.29, 0.717) is 0 Å². The van der Waals surface area contributed by atoms with Crippen LogP contribution in [0, 0.1) is 10.1 Å². The Morgan fingerprint density at radius 1 is 1.50 bits per heavy atom. The summed E-state index contributed by atoms with van der Waals surface area (Å²) in [4.78, 5) is 20.0. The van der Waals surface area contributed by atoms with Crippen LogP contribution in [0.3, 0.4) is 0 Å². The molecule has 0 fully saturated rings. The molecular weight excluding hydrogens is 292 g/mol. The third-order valence-electron chi connectivity index (χ3n) is 2.35. The first kappa shape index (κ1) is 15.9. The van der Waals surface area contributed by atoms with E-state index < -0.39 is 37.5 Å². The number of nitro benzene ring substituents is 1. The molecule has 0 amide bonds. The van der Waals surface area contributed by atoms with E-state index >= 15 is 0 Å². The average molecular weight is 304 g/mol. The monoisotopic (exact) mass is 304 g/mol. The van der Waals surface area contributed by atoms with Crippen LogP contribution < -0.4 is 9.46 Å². The first-order valence-corrected chi connectivity index (χ1v) is 6.75. The fourth-order valence-electron chi connectivity index (χ4n) is 1.34. The number of sulfonamides is 1. The van der Waals surface area contributed by atoms with Gasteiger partial charge < -0.3 is 9.84 Å². The van der Waals surface area contributed by atoms with Gasteiger partial charge in [0.1, 0.15) is 11.8 Å². The van der Waals surface area contributed by atoms with Crippen LogP contribution in [0.15, 0.2) is 23.1 Å². The molecule has 0 heterocycles. The third kappa shape index (κ3) is 3.42. The molecule has 0 unspecified atom stereocenters. The van der Waals surface area contributed by atoms with Crippen molar-refractivity contribution in [1.29, 1.82) is 0 Å². The van der Waals surface area contributed by atoms with Crippen molar-refractivity contribution in [2.45, 2.75) is 17.9 Å². The van der Waals surface area contributed by atoms with Crippen molar-refractivity contribution in [3.63, 3.8) is 0 Å². The fraction of sp³-hybridized carbons (Fsp3) is 0.300. The molecule has 9 nitrogen and oxygen atoms in total. The maximum Gasteiger partial charge on any atom is 0.321 e. The molecule has 0 aliphatic heterocycles. The molecule has 1 rings (SSSR count). The Labute approximate surface area is 114 Å². The number of hydrogen-bond donors (Lipinski definition) is 2. The number of rotatable bonds is 6. The van der Waals surface area contributed by atoms with Gasteiger partial charge in [-0.15, -0.1) is 0 Å². The molecular formula is C10H12N2O7S. The van der Waals surface area contributed by atoms with Crippen molar-refractivity contribution < 1.29 is 28.0 Å². The largest absolute Gasteiger partial charge is 0.497 e. The number of nitro groups is 1. The van der Waals surface area contributed by atoms with E-state index in [1.54, 1.807) is 0 Å². The van der Waals surface area contributed by atoms with Gasteiger partial charge in [0, 0.05) is 0 Å². The van der Waals surface area contributed by atoms with Gasteiger partial charge in [-0.3, -0.25) is 14.9 Å². The molecule has 110 valence electrons. The quantitative estimate of drug-likeness (QED) is 0.571. The van der Waals surface area contributed by atoms with E-state index in [-0.39, 0.29) is 5.75 Å². The van der Waals surface area contributed by atoms with Gasteiger partial charge in [-0.25, -0.2) is 8.42 Å². The molecule has 1 aromatic rings. The number of benzene rings is 1. The Bertz CT molecular complexity index is 641. The molecule has 0 spiro atoms. The van der Waals surface area contributed by atoms with Gasteiger partial charge in [0.05, 0.1) is 18.1 Å². The van der Waals surface area contributed by atoms with Crippen molar-refractivity contribution in [3.05, 3.63) is 28.3 Å². The molecule has 0 aliphatic carbocycles. The summed E-state index contributed by atoms with van der Waals surface area (Å²) >= 11 is 0. The van der Waals surface area contributed by atoms with Crippen molar-refractivity contribution in [2.24, 2.45) is 0 Å². The van der Waals surface area contributed by atoms with Crippen LogP contribution in [0.1, 0.15) is 6.92 Å². The lowest BCUT2D eigenvalue weighted by atomic mass is 10.3. The second-order valence-corrected chi connectivity index (χ2v) is 5.45. The SMILES string of the molecule is COc1ccc(S(=O)(=O)N[C@@H](C)C(=O)O)c([N+](=O)[O-])c1. The Balaban J connectivity index is 3.31. The first-order chi connectivity index (χ1) is 9.19. The number of carbonyl (C=O) groups is 1. The topological polar surface area (TPSA) is 136 Å². The lowest BCUT2D eigenvalue weighted by Gasteiger charge is -2.11. The van der Waals surface area contributed by atoms with Crippen LogP contribution >= 0.6 is 0 Å². The minimum Gasteiger partial charge on any atom is -0.497 e. The van der Waals surface area contributed by atoms with Gasteiger partial charge in [0.25, 0.3) is 5.69 Å². The molecule has 0 aromatic heterocycles. The Kier molecular flexibility index (Phi) is 4.63. The number of aliphatic carboxylic acids is 1. The van der Waals surface area contributed by atoms with Gasteiger partial charge in [0.2, 0.25) is 10.0 Å². The highest BCUT2D eigenvalue weighted by Gasteiger charge is 2.29. The highest BCUT2D eigenvalue weighted by atomic mass is 32.2. The maximum absolute atomic E-state index is 12.0. The Morgan fingerprint density at radius 3 is 2.55 bits per heavy atom. The summed E-state index contributed by atoms with van der Waals surface area (Å²) in [6.07, 6.45) is 0. The van der Waals surface area contributed by atoms with Crippen molar-refractivity contribution in [2.75, 3.05) is 7.11 Å². The number of carboxylic acids is 1. The number of nitrogens with zero attached hydrogens (tertiary/aromatic N) is 1. The van der Waals surface area contributed by atoms with E-state index in [9.17, 15) is 23.3 Å². The lowest BCUT2D eigenvalue weighted by molar-refractivity contribution is -0.387. The fourth-order valence-corrected chi connectivity index (χ4v) is 2.69. The number of methoxy groups -OCH3 is 1. The highest BCUT2D eigenvalue weighted by Crippen LogP contribution is 2.28. The summed E-state index contributed by atoms with van der Waals surface area (Å²) in [5.74, 6) is -1.29. The Hall–Kier alpha value is -2.20. The molecule has 10 heteroatoms. The minimum atomic E-state index is -4.33. The van der Waals surface area contributed by atoms with Crippen molar-refractivity contribution in [3.8, 4) is 5.75 Å². The van der Waals surface area contributed by atoms with Crippen LogP contribution in [0.4, 0.5) is 5.69 Å². The summed E-state index contributed by atoms with van der Waals surface area (Å²) in [6, 6.07) is 1.74. The number of carboxylic acid groups (broad SMARTS) is 1. The van der Waals surface area contributed by atoms with Crippen LogP contribution in [0.2, 0.25) is 0 Å². The number of nitrogens with one attached hydrogen (secondary N) is 1. The second-order valence-electron chi connectivity index (χ2n) is 3.77. The normalized spacial score (nSPS) is 12.7. The third-order valence-corrected chi connectivity index (χ3v) is 3.94. The van der Waals surface area contributed by atoms with Gasteiger partial charge in [-0.2, -0.15) is 4.72 Å². The standard InChI is InChI=1S/C10H12N2O7S/c1-6(10(13)14)11-20(17,18)9-4-3-7(19-2)5-8(9)12(15)16/h3-6,11H,1-2H3,(H,13,14)/t6-/m0/s1. The molecule has 2 N–H and O–H groups in total. The van der Waals surface area contributed by atoms with E-state index in [1.807, 2.05) is 4.72 Å². The van der Waals surface area contributed by atoms with Gasteiger partial charge in [0.15, 0.2) is 4.90 Å². The molecule has 0 aliphatic rings. The molecule has 1 atom stereocenters. The lowest BCUT2D eigenvalue weighted by Crippen LogP contribution is -2.38. The molecule has 1 aromatic carbocycles. The average Bonchev–Trinajstić information content (AvgIpc) is 2.37. The summed E-state index contributed by atoms with van der Waals surface area (Å²) in [5.41, 5.74) is -0.700. The van der Waals surface area contributed by atoms with Gasteiger partial charge in [-0.1, -0.05) is 0 Å². The van der Waals surface area contributed by atoms with Crippen molar-refractivity contribution >= 4 is 21.7 Å². The summed E-state index contributed by atoms with van der Waals surface area (Å²) in [5, 5.41) is 19.6. The summed E-state index contributed by atoms with van der Waals surface area (Å²) in [6.45, 7) is 1.11. The van der Waals surface area contributed by atoms with Gasteiger partial charge in [-0.05, 0) is 19.1 Å². The van der Waals surface area contributed by atoms with Crippen LogP contribution in [-0.4, -0.2) is 37.6 Å². The summed E-state index contributed by atoms with van der Waals surface area (Å²) < 4.78 is 30.5. The van der Waals surface area contributed by atoms with Crippen LogP contribution in [0.5, 0.6) is 5.75 Å². The molecule has 0 saturated carbocycles. The van der Waals surface area contributed by atoms with Crippen LogP contribution in [-0.2, 0) is 14.8 Å². The van der Waals surface area contributed by atoms with E-state index in [2.05, 4.69) is 0 Å². The Morgan fingerprint density at radius 2 is 2.10 bits per heavy atom. The number of hydrogen-bond acceptors (Lipinski definition) is 6. The van der Waals surface area contributed by atoms with Gasteiger partial charge >= 0.3 is 5.97 Å². The maximum atomic E-state index is 12.0. The second kappa shape index (κ2) is 5.84. The molecule has 20 heavy (non-hydrogen) atoms.